The summed E-state index contributed by atoms with van der Waals surface area (Å²) < 4.78 is 15.6. The summed E-state index contributed by atoms with van der Waals surface area (Å²) in [6.07, 6.45) is 0. The summed E-state index contributed by atoms with van der Waals surface area (Å²) in [5.41, 5.74) is -0.562. The Labute approximate surface area is 142 Å². The fourth-order valence-electron chi connectivity index (χ4n) is 2.90. The van der Waals surface area contributed by atoms with E-state index in [2.05, 4.69) is 15.9 Å². The third-order valence-electron chi connectivity index (χ3n) is 4.05. The van der Waals surface area contributed by atoms with E-state index in [4.69, 9.17) is 14.2 Å². The van der Waals surface area contributed by atoms with Crippen molar-refractivity contribution in [3.05, 3.63) is 28.2 Å². The third kappa shape index (κ3) is 2.97. The predicted molar refractivity (Wildman–Crippen MR) is 83.8 cm³/mol. The maximum atomic E-state index is 12.3. The monoisotopic (exact) mass is 384 g/mol. The molecule has 2 rings (SSSR count). The first kappa shape index (κ1) is 17.5. The van der Waals surface area contributed by atoms with Gasteiger partial charge in [0.2, 0.25) is 0 Å². The van der Waals surface area contributed by atoms with E-state index in [1.54, 1.807) is 32.0 Å². The van der Waals surface area contributed by atoms with Crippen LogP contribution in [0.4, 0.5) is 0 Å². The van der Waals surface area contributed by atoms with Crippen molar-refractivity contribution in [2.75, 3.05) is 14.2 Å². The molecule has 124 valence electrons. The summed E-state index contributed by atoms with van der Waals surface area (Å²) in [5, 5.41) is 0. The molecule has 23 heavy (non-hydrogen) atoms. The zero-order chi connectivity index (χ0) is 17.4. The highest BCUT2D eigenvalue weighted by Gasteiger charge is 2.53. The molecular formula is C16H17BrO6. The van der Waals surface area contributed by atoms with Gasteiger partial charge in [0.05, 0.1) is 19.6 Å². The number of carbonyl (C=O) groups is 3. The smallest absolute Gasteiger partial charge is 0.326 e. The second kappa shape index (κ2) is 6.31. The number of methoxy groups -OCH3 is 2. The van der Waals surface area contributed by atoms with E-state index in [-0.39, 0.29) is 0 Å². The summed E-state index contributed by atoms with van der Waals surface area (Å²) in [6, 6.07) is 5.06. The zero-order valence-electron chi connectivity index (χ0n) is 13.2. The maximum Gasteiger partial charge on any atom is 0.326 e. The van der Waals surface area contributed by atoms with Crippen molar-refractivity contribution < 1.29 is 28.6 Å². The number of ether oxygens (including phenoxy) is 3. The van der Waals surface area contributed by atoms with Crippen molar-refractivity contribution in [1.29, 1.82) is 0 Å². The Morgan fingerprint density at radius 3 is 2.43 bits per heavy atom. The normalized spacial score (nSPS) is 20.3. The minimum Gasteiger partial charge on any atom is -0.469 e. The Bertz CT molecular complexity index is 667. The van der Waals surface area contributed by atoms with Crippen molar-refractivity contribution >= 4 is 33.8 Å². The molecule has 6 nitrogen and oxygen atoms in total. The second-order valence-corrected chi connectivity index (χ2v) is 6.71. The van der Waals surface area contributed by atoms with Crippen molar-refractivity contribution in [2.24, 2.45) is 11.3 Å². The van der Waals surface area contributed by atoms with Crippen LogP contribution in [0, 0.1) is 11.3 Å². The highest BCUT2D eigenvalue weighted by atomic mass is 79.9. The second-order valence-electron chi connectivity index (χ2n) is 5.80. The van der Waals surface area contributed by atoms with E-state index in [1.807, 2.05) is 0 Å². The molecule has 1 aromatic carbocycles. The number of esters is 3. The largest absolute Gasteiger partial charge is 0.469 e. The molecular weight excluding hydrogens is 368 g/mol. The number of rotatable bonds is 3. The topological polar surface area (TPSA) is 78.9 Å². The van der Waals surface area contributed by atoms with Crippen LogP contribution in [-0.2, 0) is 23.9 Å². The Morgan fingerprint density at radius 1 is 1.22 bits per heavy atom. The first-order valence-corrected chi connectivity index (χ1v) is 7.70. The molecule has 1 aliphatic heterocycles. The fourth-order valence-corrected chi connectivity index (χ4v) is 3.28. The number of benzene rings is 1. The van der Waals surface area contributed by atoms with E-state index >= 15 is 0 Å². The Morgan fingerprint density at radius 2 is 1.87 bits per heavy atom. The quantitative estimate of drug-likeness (QED) is 0.452. The molecule has 1 heterocycles. The first-order valence-electron chi connectivity index (χ1n) is 6.91. The molecule has 0 amide bonds. The van der Waals surface area contributed by atoms with Crippen molar-refractivity contribution in [3.8, 4) is 5.75 Å². The molecule has 0 saturated carbocycles. The number of halogens is 1. The lowest BCUT2D eigenvalue weighted by Gasteiger charge is -2.38. The summed E-state index contributed by atoms with van der Waals surface area (Å²) >= 11 is 3.36. The Kier molecular flexibility index (Phi) is 4.79. The lowest BCUT2D eigenvalue weighted by atomic mass is 9.67. The fraction of sp³-hybridized carbons (Fsp3) is 0.438. The van der Waals surface area contributed by atoms with Gasteiger partial charge in [0.25, 0.3) is 0 Å². The van der Waals surface area contributed by atoms with Crippen molar-refractivity contribution in [2.45, 2.75) is 19.8 Å². The zero-order valence-corrected chi connectivity index (χ0v) is 14.8. The van der Waals surface area contributed by atoms with E-state index in [1.165, 1.54) is 14.2 Å². The van der Waals surface area contributed by atoms with Crippen molar-refractivity contribution in [1.82, 2.24) is 0 Å². The summed E-state index contributed by atoms with van der Waals surface area (Å²) in [6.45, 7) is 3.26. The average Bonchev–Trinajstić information content (AvgIpc) is 2.52. The molecule has 7 heteroatoms. The van der Waals surface area contributed by atoms with Gasteiger partial charge in [-0.1, -0.05) is 15.9 Å². The standard InChI is InChI=1S/C16H17BrO6/c1-16(2,15(20)22-4)12-9-7-8(17)5-6-10(9)23-14(19)11(12)13(18)21-3/h5-7,11-12H,1-4H3/t11-,12-/m1/s1. The van der Waals surface area contributed by atoms with Gasteiger partial charge in [0.15, 0.2) is 5.92 Å². The molecule has 0 aliphatic carbocycles. The molecule has 0 N–H and O–H groups in total. The van der Waals surface area contributed by atoms with Gasteiger partial charge in [0.1, 0.15) is 5.75 Å². The number of hydrogen-bond donors (Lipinski definition) is 0. The molecule has 0 spiro atoms. The van der Waals surface area contributed by atoms with Gasteiger partial charge in [-0.15, -0.1) is 0 Å². The third-order valence-corrected chi connectivity index (χ3v) is 4.54. The van der Waals surface area contributed by atoms with Crippen LogP contribution in [0.15, 0.2) is 22.7 Å². The summed E-state index contributed by atoms with van der Waals surface area (Å²) in [7, 11) is 2.45. The van der Waals surface area contributed by atoms with E-state index in [0.717, 1.165) is 4.47 Å². The van der Waals surface area contributed by atoms with Crippen molar-refractivity contribution in [3.63, 3.8) is 0 Å². The molecule has 0 saturated heterocycles. The van der Waals surface area contributed by atoms with E-state index in [9.17, 15) is 14.4 Å². The van der Waals surface area contributed by atoms with Gasteiger partial charge in [-0.3, -0.25) is 14.4 Å². The van der Waals surface area contributed by atoms with Crippen LogP contribution in [0.25, 0.3) is 0 Å². The summed E-state index contributed by atoms with van der Waals surface area (Å²) in [4.78, 5) is 36.7. The average molecular weight is 385 g/mol. The lowest BCUT2D eigenvalue weighted by Crippen LogP contribution is -2.46. The van der Waals surface area contributed by atoms with E-state index < -0.39 is 35.2 Å². The molecule has 0 unspecified atom stereocenters. The number of carbonyl (C=O) groups excluding carboxylic acids is 3. The summed E-state index contributed by atoms with van der Waals surface area (Å²) in [5.74, 6) is -3.71. The van der Waals surface area contributed by atoms with Gasteiger partial charge >= 0.3 is 17.9 Å². The molecule has 0 fully saturated rings. The Balaban J connectivity index is 2.68. The van der Waals surface area contributed by atoms with Gasteiger partial charge in [-0.25, -0.2) is 0 Å². The van der Waals surface area contributed by atoms with Crippen LogP contribution < -0.4 is 4.74 Å². The van der Waals surface area contributed by atoms with Crippen LogP contribution in [0.3, 0.4) is 0 Å². The molecule has 0 bridgehead atoms. The predicted octanol–water partition coefficient (Wildman–Crippen LogP) is 2.44. The molecule has 0 aromatic heterocycles. The Hall–Kier alpha value is -1.89. The number of hydrogen-bond acceptors (Lipinski definition) is 6. The lowest BCUT2D eigenvalue weighted by molar-refractivity contribution is -0.163. The highest BCUT2D eigenvalue weighted by Crippen LogP contribution is 2.49. The molecule has 1 aliphatic rings. The number of fused-ring (bicyclic) bond motifs is 1. The molecule has 0 radical (unpaired) electrons. The van der Waals surface area contributed by atoms with Crippen LogP contribution in [0.2, 0.25) is 0 Å². The minimum absolute atomic E-state index is 0.320. The first-order chi connectivity index (χ1) is 10.7. The molecule has 2 atom stereocenters. The van der Waals surface area contributed by atoms with Crippen LogP contribution >= 0.6 is 15.9 Å². The van der Waals surface area contributed by atoms with Gasteiger partial charge in [-0.05, 0) is 32.0 Å². The van der Waals surface area contributed by atoms with Crippen LogP contribution in [0.5, 0.6) is 5.75 Å². The SMILES string of the molecule is COC(=O)[C@@H]1C(=O)Oc2ccc(Br)cc2[C@H]1C(C)(C)C(=O)OC. The maximum absolute atomic E-state index is 12.3. The van der Waals surface area contributed by atoms with Gasteiger partial charge in [-0.2, -0.15) is 0 Å². The van der Waals surface area contributed by atoms with E-state index in [0.29, 0.717) is 11.3 Å². The van der Waals surface area contributed by atoms with Crippen LogP contribution in [0.1, 0.15) is 25.3 Å². The minimum atomic E-state index is -1.24. The molecule has 1 aromatic rings. The highest BCUT2D eigenvalue weighted by molar-refractivity contribution is 9.10. The van der Waals surface area contributed by atoms with Gasteiger partial charge < -0.3 is 14.2 Å². The van der Waals surface area contributed by atoms with Gasteiger partial charge in [0, 0.05) is 16.0 Å². The van der Waals surface area contributed by atoms with Crippen LogP contribution in [-0.4, -0.2) is 32.1 Å².